The SMILES string of the molecule is COc1cc2c(cc1F)nc(N)n2-c1cccc(Br)c1C. The van der Waals surface area contributed by atoms with Gasteiger partial charge in [0, 0.05) is 16.6 Å². The number of aromatic nitrogens is 2. The molecule has 0 unspecified atom stereocenters. The minimum Gasteiger partial charge on any atom is -0.494 e. The lowest BCUT2D eigenvalue weighted by atomic mass is 10.2. The molecule has 0 amide bonds. The Kier molecular flexibility index (Phi) is 3.33. The Bertz CT molecular complexity index is 845. The molecule has 3 rings (SSSR count). The van der Waals surface area contributed by atoms with Crippen LogP contribution in [-0.2, 0) is 0 Å². The van der Waals surface area contributed by atoms with E-state index in [1.165, 1.54) is 13.2 Å². The summed E-state index contributed by atoms with van der Waals surface area (Å²) in [5.74, 6) is 0.00997. The minimum atomic E-state index is -0.458. The molecule has 0 aliphatic rings. The van der Waals surface area contributed by atoms with Gasteiger partial charge in [0.2, 0.25) is 5.95 Å². The van der Waals surface area contributed by atoms with E-state index in [9.17, 15) is 4.39 Å². The lowest BCUT2D eigenvalue weighted by Gasteiger charge is -2.11. The van der Waals surface area contributed by atoms with Gasteiger partial charge in [-0.25, -0.2) is 9.37 Å². The van der Waals surface area contributed by atoms with Crippen LogP contribution in [0, 0.1) is 12.7 Å². The van der Waals surface area contributed by atoms with Crippen LogP contribution in [0.25, 0.3) is 16.7 Å². The number of benzene rings is 2. The average Bonchev–Trinajstić information content (AvgIpc) is 2.76. The van der Waals surface area contributed by atoms with E-state index >= 15 is 0 Å². The van der Waals surface area contributed by atoms with Crippen LogP contribution in [0.5, 0.6) is 5.75 Å². The van der Waals surface area contributed by atoms with Gasteiger partial charge in [-0.05, 0) is 24.6 Å². The molecular weight excluding hydrogens is 337 g/mol. The molecule has 0 fully saturated rings. The highest BCUT2D eigenvalue weighted by Crippen LogP contribution is 2.31. The minimum absolute atomic E-state index is 0.163. The molecule has 0 saturated heterocycles. The first-order chi connectivity index (χ1) is 10.0. The van der Waals surface area contributed by atoms with E-state index in [0.29, 0.717) is 17.0 Å². The summed E-state index contributed by atoms with van der Waals surface area (Å²) >= 11 is 3.50. The number of anilines is 1. The zero-order valence-electron chi connectivity index (χ0n) is 11.5. The van der Waals surface area contributed by atoms with Crippen molar-refractivity contribution in [3.63, 3.8) is 0 Å². The quantitative estimate of drug-likeness (QED) is 0.764. The topological polar surface area (TPSA) is 53.1 Å². The summed E-state index contributed by atoms with van der Waals surface area (Å²) in [4.78, 5) is 4.23. The Labute approximate surface area is 129 Å². The van der Waals surface area contributed by atoms with Gasteiger partial charge in [-0.3, -0.25) is 4.57 Å². The lowest BCUT2D eigenvalue weighted by Crippen LogP contribution is -2.03. The second kappa shape index (κ2) is 5.04. The smallest absolute Gasteiger partial charge is 0.205 e. The lowest BCUT2D eigenvalue weighted by molar-refractivity contribution is 0.387. The van der Waals surface area contributed by atoms with Crippen LogP contribution in [0.15, 0.2) is 34.8 Å². The van der Waals surface area contributed by atoms with E-state index < -0.39 is 5.82 Å². The molecule has 0 aliphatic carbocycles. The molecule has 108 valence electrons. The fourth-order valence-corrected chi connectivity index (χ4v) is 2.70. The van der Waals surface area contributed by atoms with E-state index in [0.717, 1.165) is 15.7 Å². The fraction of sp³-hybridized carbons (Fsp3) is 0.133. The number of fused-ring (bicyclic) bond motifs is 1. The van der Waals surface area contributed by atoms with Crippen molar-refractivity contribution in [1.82, 2.24) is 9.55 Å². The van der Waals surface area contributed by atoms with E-state index in [2.05, 4.69) is 20.9 Å². The molecule has 0 spiro atoms. The summed E-state index contributed by atoms with van der Waals surface area (Å²) in [5.41, 5.74) is 9.12. The van der Waals surface area contributed by atoms with Gasteiger partial charge in [0.25, 0.3) is 0 Å². The average molecular weight is 350 g/mol. The maximum absolute atomic E-state index is 13.8. The van der Waals surface area contributed by atoms with Crippen LogP contribution < -0.4 is 10.5 Å². The van der Waals surface area contributed by atoms with Crippen LogP contribution in [0.1, 0.15) is 5.56 Å². The summed E-state index contributed by atoms with van der Waals surface area (Å²) in [6.07, 6.45) is 0. The number of imidazole rings is 1. The van der Waals surface area contributed by atoms with Gasteiger partial charge in [0.15, 0.2) is 11.6 Å². The largest absolute Gasteiger partial charge is 0.494 e. The number of rotatable bonds is 2. The normalized spacial score (nSPS) is 11.0. The predicted molar refractivity (Wildman–Crippen MR) is 84.4 cm³/mol. The summed E-state index contributed by atoms with van der Waals surface area (Å²) < 4.78 is 21.6. The highest BCUT2D eigenvalue weighted by atomic mass is 79.9. The van der Waals surface area contributed by atoms with Crippen molar-refractivity contribution in [3.05, 3.63) is 46.2 Å². The van der Waals surface area contributed by atoms with Crippen molar-refractivity contribution in [2.24, 2.45) is 0 Å². The zero-order chi connectivity index (χ0) is 15.1. The molecule has 1 aromatic heterocycles. The number of hydrogen-bond donors (Lipinski definition) is 1. The molecule has 21 heavy (non-hydrogen) atoms. The van der Waals surface area contributed by atoms with Gasteiger partial charge in [-0.2, -0.15) is 0 Å². The first-order valence-electron chi connectivity index (χ1n) is 6.30. The Balaban J connectivity index is 2.36. The second-order valence-electron chi connectivity index (χ2n) is 4.66. The van der Waals surface area contributed by atoms with Gasteiger partial charge in [0.1, 0.15) is 0 Å². The van der Waals surface area contributed by atoms with E-state index in [-0.39, 0.29) is 5.75 Å². The highest BCUT2D eigenvalue weighted by molar-refractivity contribution is 9.10. The van der Waals surface area contributed by atoms with Crippen LogP contribution in [0.4, 0.5) is 10.3 Å². The maximum atomic E-state index is 13.8. The number of nitrogen functional groups attached to an aromatic ring is 1. The molecule has 0 aliphatic heterocycles. The summed E-state index contributed by atoms with van der Waals surface area (Å²) in [6, 6.07) is 8.74. The van der Waals surface area contributed by atoms with Crippen molar-refractivity contribution in [2.45, 2.75) is 6.92 Å². The molecule has 4 nitrogen and oxygen atoms in total. The molecular formula is C15H13BrFN3O. The van der Waals surface area contributed by atoms with E-state index in [1.54, 1.807) is 10.6 Å². The van der Waals surface area contributed by atoms with Gasteiger partial charge >= 0.3 is 0 Å². The number of hydrogen-bond acceptors (Lipinski definition) is 3. The van der Waals surface area contributed by atoms with Crippen LogP contribution >= 0.6 is 15.9 Å². The number of nitrogens with zero attached hydrogens (tertiary/aromatic N) is 2. The summed E-state index contributed by atoms with van der Waals surface area (Å²) in [6.45, 7) is 1.98. The Morgan fingerprint density at radius 3 is 2.81 bits per heavy atom. The van der Waals surface area contributed by atoms with Gasteiger partial charge < -0.3 is 10.5 Å². The van der Waals surface area contributed by atoms with Crippen LogP contribution in [0.3, 0.4) is 0 Å². The Morgan fingerprint density at radius 2 is 2.10 bits per heavy atom. The third-order valence-corrected chi connectivity index (χ3v) is 4.29. The number of ether oxygens (including phenoxy) is 1. The maximum Gasteiger partial charge on any atom is 0.205 e. The predicted octanol–water partition coefficient (Wildman–Crippen LogP) is 3.83. The molecule has 6 heteroatoms. The first-order valence-corrected chi connectivity index (χ1v) is 7.09. The van der Waals surface area contributed by atoms with Crippen molar-refractivity contribution in [2.75, 3.05) is 12.8 Å². The summed E-state index contributed by atoms with van der Waals surface area (Å²) in [5, 5.41) is 0. The highest BCUT2D eigenvalue weighted by Gasteiger charge is 2.16. The fourth-order valence-electron chi connectivity index (χ4n) is 2.35. The van der Waals surface area contributed by atoms with Crippen molar-refractivity contribution in [1.29, 1.82) is 0 Å². The third kappa shape index (κ3) is 2.15. The summed E-state index contributed by atoms with van der Waals surface area (Å²) in [7, 11) is 1.43. The number of methoxy groups -OCH3 is 1. The van der Waals surface area contributed by atoms with E-state index in [1.807, 2.05) is 25.1 Å². The number of halogens is 2. The zero-order valence-corrected chi connectivity index (χ0v) is 13.1. The molecule has 0 saturated carbocycles. The molecule has 2 N–H and O–H groups in total. The van der Waals surface area contributed by atoms with Crippen LogP contribution in [0.2, 0.25) is 0 Å². The molecule has 0 bridgehead atoms. The van der Waals surface area contributed by atoms with E-state index in [4.69, 9.17) is 10.5 Å². The third-order valence-electron chi connectivity index (χ3n) is 3.43. The first kappa shape index (κ1) is 13.9. The molecule has 3 aromatic rings. The molecule has 0 radical (unpaired) electrons. The van der Waals surface area contributed by atoms with Gasteiger partial charge in [0.05, 0.1) is 23.8 Å². The second-order valence-corrected chi connectivity index (χ2v) is 5.52. The molecule has 2 aromatic carbocycles. The van der Waals surface area contributed by atoms with Crippen LogP contribution in [-0.4, -0.2) is 16.7 Å². The number of nitrogens with two attached hydrogens (primary N) is 1. The monoisotopic (exact) mass is 349 g/mol. The van der Waals surface area contributed by atoms with Gasteiger partial charge in [-0.15, -0.1) is 0 Å². The van der Waals surface area contributed by atoms with Crippen molar-refractivity contribution >= 4 is 32.9 Å². The Morgan fingerprint density at radius 1 is 1.33 bits per heavy atom. The van der Waals surface area contributed by atoms with Crippen molar-refractivity contribution in [3.8, 4) is 11.4 Å². The Hall–Kier alpha value is -2.08. The molecule has 1 heterocycles. The van der Waals surface area contributed by atoms with Gasteiger partial charge in [-0.1, -0.05) is 22.0 Å². The van der Waals surface area contributed by atoms with Crippen molar-refractivity contribution < 1.29 is 9.13 Å². The molecule has 0 atom stereocenters. The standard InChI is InChI=1S/C15H13BrFN3O/c1-8-9(16)4-3-5-12(8)20-13-7-14(21-2)10(17)6-11(13)19-15(20)18/h3-7H,1-2H3,(H2,18,19).